The van der Waals surface area contributed by atoms with Crippen molar-refractivity contribution in [2.24, 2.45) is 0 Å². The molecule has 0 fully saturated rings. The lowest BCUT2D eigenvalue weighted by molar-refractivity contribution is -0.133. The third-order valence-corrected chi connectivity index (χ3v) is 4.18. The Kier molecular flexibility index (Phi) is 4.16. The number of nitrogens with zero attached hydrogens (tertiary/aromatic N) is 1. The molecule has 1 unspecified atom stereocenters. The van der Waals surface area contributed by atoms with Gasteiger partial charge in [0, 0.05) is 11.3 Å². The minimum atomic E-state index is -0.439. The summed E-state index contributed by atoms with van der Waals surface area (Å²) in [4.78, 5) is 38.2. The lowest BCUT2D eigenvalue weighted by atomic mass is 9.90. The van der Waals surface area contributed by atoms with Crippen molar-refractivity contribution in [1.29, 1.82) is 0 Å². The zero-order valence-corrected chi connectivity index (χ0v) is 13.6. The average molecular weight is 322 g/mol. The second-order valence-corrected chi connectivity index (χ2v) is 5.95. The summed E-state index contributed by atoms with van der Waals surface area (Å²) in [5, 5.41) is 2.71. The minimum absolute atomic E-state index is 0.287. The standard InChI is InChI=1S/C19H18N2O3/c1-12-7-9-14(10-8-12)20-17(22)11-21-18(23)13(2)15-5-3-4-6-16(15)19(21)24/h3-10,13H,11H2,1-2H3,(H,20,22). The van der Waals surface area contributed by atoms with Crippen LogP contribution >= 0.6 is 0 Å². The van der Waals surface area contributed by atoms with E-state index in [0.717, 1.165) is 10.5 Å². The van der Waals surface area contributed by atoms with Crippen LogP contribution in [0.25, 0.3) is 0 Å². The van der Waals surface area contributed by atoms with E-state index in [9.17, 15) is 14.4 Å². The van der Waals surface area contributed by atoms with E-state index in [0.29, 0.717) is 16.8 Å². The van der Waals surface area contributed by atoms with Crippen LogP contribution in [-0.4, -0.2) is 29.2 Å². The summed E-state index contributed by atoms with van der Waals surface area (Å²) in [5.74, 6) is -1.61. The summed E-state index contributed by atoms with van der Waals surface area (Å²) in [6.07, 6.45) is 0. The van der Waals surface area contributed by atoms with Gasteiger partial charge < -0.3 is 5.32 Å². The van der Waals surface area contributed by atoms with Crippen LogP contribution in [0.15, 0.2) is 48.5 Å². The van der Waals surface area contributed by atoms with Gasteiger partial charge in [-0.15, -0.1) is 0 Å². The first-order chi connectivity index (χ1) is 11.5. The van der Waals surface area contributed by atoms with Gasteiger partial charge in [-0.25, -0.2) is 0 Å². The number of nitrogens with one attached hydrogen (secondary N) is 1. The van der Waals surface area contributed by atoms with Crippen molar-refractivity contribution < 1.29 is 14.4 Å². The Morgan fingerprint density at radius 3 is 2.46 bits per heavy atom. The molecule has 1 atom stereocenters. The lowest BCUT2D eigenvalue weighted by Crippen LogP contribution is -2.47. The summed E-state index contributed by atoms with van der Waals surface area (Å²) in [6, 6.07) is 14.3. The Labute approximate surface area is 140 Å². The first-order valence-electron chi connectivity index (χ1n) is 7.78. The van der Waals surface area contributed by atoms with E-state index >= 15 is 0 Å². The number of fused-ring (bicyclic) bond motifs is 1. The van der Waals surface area contributed by atoms with E-state index in [-0.39, 0.29) is 12.5 Å². The molecule has 1 aliphatic heterocycles. The van der Waals surface area contributed by atoms with Gasteiger partial charge in [-0.1, -0.05) is 35.9 Å². The number of carbonyl (C=O) groups excluding carboxylic acids is 3. The molecule has 3 amide bonds. The molecule has 0 saturated heterocycles. The molecule has 0 bridgehead atoms. The number of hydrogen-bond acceptors (Lipinski definition) is 3. The molecular weight excluding hydrogens is 304 g/mol. The third kappa shape index (κ3) is 2.93. The molecule has 1 heterocycles. The molecule has 3 rings (SSSR count). The Balaban J connectivity index is 1.77. The molecule has 1 N–H and O–H groups in total. The third-order valence-electron chi connectivity index (χ3n) is 4.18. The van der Waals surface area contributed by atoms with Crippen molar-refractivity contribution >= 4 is 23.4 Å². The average Bonchev–Trinajstić information content (AvgIpc) is 2.59. The highest BCUT2D eigenvalue weighted by molar-refractivity contribution is 6.13. The summed E-state index contributed by atoms with van der Waals surface area (Å²) < 4.78 is 0. The largest absolute Gasteiger partial charge is 0.325 e. The molecule has 5 heteroatoms. The van der Waals surface area contributed by atoms with Crippen molar-refractivity contribution in [1.82, 2.24) is 4.90 Å². The lowest BCUT2D eigenvalue weighted by Gasteiger charge is -2.30. The van der Waals surface area contributed by atoms with Crippen LogP contribution in [0.5, 0.6) is 0 Å². The zero-order chi connectivity index (χ0) is 17.3. The Morgan fingerprint density at radius 2 is 1.75 bits per heavy atom. The highest BCUT2D eigenvalue weighted by atomic mass is 16.2. The van der Waals surface area contributed by atoms with Gasteiger partial charge in [-0.2, -0.15) is 0 Å². The summed E-state index contributed by atoms with van der Waals surface area (Å²) in [7, 11) is 0. The highest BCUT2D eigenvalue weighted by Gasteiger charge is 2.36. The van der Waals surface area contributed by atoms with Crippen LogP contribution in [0.2, 0.25) is 0 Å². The molecule has 5 nitrogen and oxygen atoms in total. The number of benzene rings is 2. The van der Waals surface area contributed by atoms with Crippen LogP contribution in [-0.2, 0) is 9.59 Å². The van der Waals surface area contributed by atoms with Crippen molar-refractivity contribution in [3.8, 4) is 0 Å². The van der Waals surface area contributed by atoms with Gasteiger partial charge in [0.15, 0.2) is 0 Å². The maximum Gasteiger partial charge on any atom is 0.261 e. The fraction of sp³-hybridized carbons (Fsp3) is 0.211. The molecule has 24 heavy (non-hydrogen) atoms. The van der Waals surface area contributed by atoms with E-state index in [1.54, 1.807) is 43.3 Å². The topological polar surface area (TPSA) is 66.5 Å². The van der Waals surface area contributed by atoms with Crippen molar-refractivity contribution in [3.05, 3.63) is 65.2 Å². The first kappa shape index (κ1) is 15.9. The summed E-state index contributed by atoms with van der Waals surface area (Å²) in [5.41, 5.74) is 2.91. The first-order valence-corrected chi connectivity index (χ1v) is 7.78. The predicted molar refractivity (Wildman–Crippen MR) is 90.7 cm³/mol. The molecule has 122 valence electrons. The van der Waals surface area contributed by atoms with Gasteiger partial charge in [0.1, 0.15) is 6.54 Å². The monoisotopic (exact) mass is 322 g/mol. The van der Waals surface area contributed by atoms with Crippen LogP contribution in [0.4, 0.5) is 5.69 Å². The maximum atomic E-state index is 12.5. The van der Waals surface area contributed by atoms with Gasteiger partial charge in [-0.3, -0.25) is 19.3 Å². The summed E-state index contributed by atoms with van der Waals surface area (Å²) in [6.45, 7) is 3.41. The normalized spacial score (nSPS) is 16.8. The molecular formula is C19H18N2O3. The second-order valence-electron chi connectivity index (χ2n) is 5.95. The van der Waals surface area contributed by atoms with E-state index in [1.165, 1.54) is 0 Å². The van der Waals surface area contributed by atoms with Crippen molar-refractivity contribution in [2.75, 3.05) is 11.9 Å². The van der Waals surface area contributed by atoms with Crippen LogP contribution < -0.4 is 5.32 Å². The maximum absolute atomic E-state index is 12.5. The van der Waals surface area contributed by atoms with Crippen molar-refractivity contribution in [3.63, 3.8) is 0 Å². The number of anilines is 1. The molecule has 0 aromatic heterocycles. The summed E-state index contributed by atoms with van der Waals surface area (Å²) >= 11 is 0. The van der Waals surface area contributed by atoms with E-state index in [1.807, 2.05) is 19.1 Å². The van der Waals surface area contributed by atoms with Gasteiger partial charge in [-0.05, 0) is 37.6 Å². The Morgan fingerprint density at radius 1 is 1.08 bits per heavy atom. The molecule has 0 aliphatic carbocycles. The van der Waals surface area contributed by atoms with Crippen LogP contribution in [0.3, 0.4) is 0 Å². The Hall–Kier alpha value is -2.95. The molecule has 1 aliphatic rings. The SMILES string of the molecule is Cc1ccc(NC(=O)CN2C(=O)c3ccccc3C(C)C2=O)cc1. The molecule has 2 aromatic carbocycles. The molecule has 2 aromatic rings. The van der Waals surface area contributed by atoms with Gasteiger partial charge >= 0.3 is 0 Å². The number of amides is 3. The van der Waals surface area contributed by atoms with Gasteiger partial charge in [0.2, 0.25) is 11.8 Å². The minimum Gasteiger partial charge on any atom is -0.325 e. The van der Waals surface area contributed by atoms with Gasteiger partial charge in [0.05, 0.1) is 5.92 Å². The number of rotatable bonds is 3. The van der Waals surface area contributed by atoms with Crippen LogP contribution in [0, 0.1) is 6.92 Å². The molecule has 0 saturated carbocycles. The number of hydrogen-bond donors (Lipinski definition) is 1. The van der Waals surface area contributed by atoms with Gasteiger partial charge in [0.25, 0.3) is 5.91 Å². The van der Waals surface area contributed by atoms with E-state index < -0.39 is 17.7 Å². The smallest absolute Gasteiger partial charge is 0.261 e. The molecule has 0 radical (unpaired) electrons. The van der Waals surface area contributed by atoms with E-state index in [4.69, 9.17) is 0 Å². The van der Waals surface area contributed by atoms with E-state index in [2.05, 4.69) is 5.32 Å². The quantitative estimate of drug-likeness (QED) is 0.884. The fourth-order valence-electron chi connectivity index (χ4n) is 2.81. The van der Waals surface area contributed by atoms with Crippen LogP contribution in [0.1, 0.15) is 34.3 Å². The van der Waals surface area contributed by atoms with Crippen molar-refractivity contribution in [2.45, 2.75) is 19.8 Å². The highest BCUT2D eigenvalue weighted by Crippen LogP contribution is 2.28. The Bertz CT molecular complexity index is 812. The number of aryl methyl sites for hydroxylation is 1. The zero-order valence-electron chi connectivity index (χ0n) is 13.6. The number of imide groups is 1. The fourth-order valence-corrected chi connectivity index (χ4v) is 2.81. The second kappa shape index (κ2) is 6.28. The predicted octanol–water partition coefficient (Wildman–Crippen LogP) is 2.72. The molecule has 0 spiro atoms. The number of carbonyl (C=O) groups is 3.